The van der Waals surface area contributed by atoms with Gasteiger partial charge in [0.15, 0.2) is 0 Å². The van der Waals surface area contributed by atoms with Gasteiger partial charge in [-0.05, 0) is 63.1 Å². The summed E-state index contributed by atoms with van der Waals surface area (Å²) in [5, 5.41) is 20.6. The first-order valence-electron chi connectivity index (χ1n) is 12.7. The molecule has 2 aliphatic rings. The lowest BCUT2D eigenvalue weighted by molar-refractivity contribution is -0.138. The number of aliphatic hydroxyl groups is 1. The van der Waals surface area contributed by atoms with E-state index in [0.29, 0.717) is 12.2 Å². The van der Waals surface area contributed by atoms with Gasteiger partial charge in [0, 0.05) is 24.1 Å². The minimum absolute atomic E-state index is 0.00641. The second kappa shape index (κ2) is 9.93. The number of aliphatic carboxylic acids is 1. The Labute approximate surface area is 210 Å². The van der Waals surface area contributed by atoms with Crippen LogP contribution in [-0.2, 0) is 22.4 Å². The number of imidazole rings is 1. The number of hydrogen-bond acceptors (Lipinski definition) is 5. The number of aryl methyl sites for hydroxylation is 1. The number of carbonyl (C=O) groups excluding carboxylic acids is 1. The number of amides is 1. The van der Waals surface area contributed by atoms with Crippen LogP contribution < -0.4 is 4.90 Å². The molecule has 2 aromatic carbocycles. The third kappa shape index (κ3) is 4.34. The number of rotatable bonds is 5. The molecule has 4 atom stereocenters. The molecule has 2 N–H and O–H groups in total. The molecule has 1 fully saturated rings. The summed E-state index contributed by atoms with van der Waals surface area (Å²) in [5.41, 5.74) is 4.25. The third-order valence-corrected chi connectivity index (χ3v) is 7.77. The van der Waals surface area contributed by atoms with Crippen molar-refractivity contribution in [1.82, 2.24) is 9.55 Å². The van der Waals surface area contributed by atoms with Crippen LogP contribution in [0.2, 0.25) is 0 Å². The van der Waals surface area contributed by atoms with Crippen molar-refractivity contribution >= 4 is 28.8 Å². The van der Waals surface area contributed by atoms with Crippen LogP contribution in [0.3, 0.4) is 0 Å². The van der Waals surface area contributed by atoms with Gasteiger partial charge in [0.1, 0.15) is 5.82 Å². The van der Waals surface area contributed by atoms with Crippen molar-refractivity contribution in [2.24, 2.45) is 0 Å². The number of carboxylic acid groups (broad SMARTS) is 1. The van der Waals surface area contributed by atoms with Gasteiger partial charge in [-0.1, -0.05) is 30.3 Å². The Bertz CT molecular complexity index is 1270. The van der Waals surface area contributed by atoms with E-state index in [4.69, 9.17) is 9.72 Å². The lowest BCUT2D eigenvalue weighted by Gasteiger charge is -2.34. The minimum Gasteiger partial charge on any atom is -0.481 e. The molecule has 190 valence electrons. The van der Waals surface area contributed by atoms with Crippen molar-refractivity contribution in [1.29, 1.82) is 0 Å². The zero-order chi connectivity index (χ0) is 25.4. The van der Waals surface area contributed by atoms with Crippen LogP contribution in [-0.4, -0.2) is 51.1 Å². The molecule has 1 aromatic heterocycles. The fraction of sp³-hybridized carbons (Fsp3) is 0.464. The average Bonchev–Trinajstić information content (AvgIpc) is 3.25. The Kier molecular flexibility index (Phi) is 6.71. The molecule has 1 unspecified atom stereocenters. The number of ether oxygens (including phenoxy) is 1. The Morgan fingerprint density at radius 3 is 2.61 bits per heavy atom. The van der Waals surface area contributed by atoms with E-state index >= 15 is 0 Å². The number of methoxy groups -OCH3 is 1. The highest BCUT2D eigenvalue weighted by Gasteiger charge is 2.34. The summed E-state index contributed by atoms with van der Waals surface area (Å²) in [7, 11) is 1.39. The lowest BCUT2D eigenvalue weighted by Crippen LogP contribution is -2.42. The van der Waals surface area contributed by atoms with Crippen molar-refractivity contribution in [3.05, 3.63) is 59.4 Å². The smallest absolute Gasteiger partial charge is 0.414 e. The maximum Gasteiger partial charge on any atom is 0.414 e. The van der Waals surface area contributed by atoms with Crippen LogP contribution in [0.25, 0.3) is 11.0 Å². The van der Waals surface area contributed by atoms with E-state index in [1.54, 1.807) is 4.90 Å². The summed E-state index contributed by atoms with van der Waals surface area (Å²) in [4.78, 5) is 31.7. The van der Waals surface area contributed by atoms with E-state index < -0.39 is 18.0 Å². The summed E-state index contributed by atoms with van der Waals surface area (Å²) < 4.78 is 7.23. The van der Waals surface area contributed by atoms with Gasteiger partial charge >= 0.3 is 12.1 Å². The zero-order valence-corrected chi connectivity index (χ0v) is 20.8. The van der Waals surface area contributed by atoms with Crippen LogP contribution in [0.1, 0.15) is 67.9 Å². The molecule has 1 aliphatic heterocycles. The summed E-state index contributed by atoms with van der Waals surface area (Å²) >= 11 is 0. The second-order valence-corrected chi connectivity index (χ2v) is 10.0. The molecule has 8 nitrogen and oxygen atoms in total. The molecule has 0 saturated heterocycles. The molecule has 0 spiro atoms. The molecule has 2 heterocycles. The first-order chi connectivity index (χ1) is 17.4. The Balaban J connectivity index is 1.66. The average molecular weight is 492 g/mol. The van der Waals surface area contributed by atoms with Gasteiger partial charge in [-0.3, -0.25) is 9.69 Å². The SMILES string of the molecule is COC(=O)N1c2ccc3c(nc(CC(C(=O)O)c4ccccc4)n3[C@@H]3CCC[C@@H](O)C3)c2CC[C@@H]1C. The Morgan fingerprint density at radius 1 is 1.14 bits per heavy atom. The molecule has 8 heteroatoms. The number of anilines is 1. The monoisotopic (exact) mass is 491 g/mol. The minimum atomic E-state index is -0.892. The normalized spacial score (nSPS) is 22.8. The second-order valence-electron chi connectivity index (χ2n) is 10.0. The van der Waals surface area contributed by atoms with Crippen LogP contribution in [0, 0.1) is 0 Å². The number of carboxylic acids is 1. The first-order valence-corrected chi connectivity index (χ1v) is 12.7. The van der Waals surface area contributed by atoms with Gasteiger partial charge in [-0.2, -0.15) is 0 Å². The molecule has 0 radical (unpaired) electrons. The maximum atomic E-state index is 12.6. The quantitative estimate of drug-likeness (QED) is 0.530. The van der Waals surface area contributed by atoms with Crippen LogP contribution in [0.5, 0.6) is 0 Å². The van der Waals surface area contributed by atoms with Crippen molar-refractivity contribution < 1.29 is 24.5 Å². The Hall–Kier alpha value is -3.39. The fourth-order valence-electron chi connectivity index (χ4n) is 5.96. The van der Waals surface area contributed by atoms with E-state index in [1.165, 1.54) is 7.11 Å². The van der Waals surface area contributed by atoms with E-state index in [0.717, 1.165) is 60.0 Å². The lowest BCUT2D eigenvalue weighted by atomic mass is 9.91. The zero-order valence-electron chi connectivity index (χ0n) is 20.8. The van der Waals surface area contributed by atoms with Crippen LogP contribution in [0.4, 0.5) is 10.5 Å². The highest BCUT2D eigenvalue weighted by atomic mass is 16.5. The predicted molar refractivity (Wildman–Crippen MR) is 136 cm³/mol. The van der Waals surface area contributed by atoms with Gasteiger partial charge in [-0.25, -0.2) is 9.78 Å². The fourth-order valence-corrected chi connectivity index (χ4v) is 5.96. The molecule has 1 saturated carbocycles. The van der Waals surface area contributed by atoms with Crippen LogP contribution in [0.15, 0.2) is 42.5 Å². The summed E-state index contributed by atoms with van der Waals surface area (Å²) in [6.45, 7) is 2.01. The molecular formula is C28H33N3O5. The first kappa shape index (κ1) is 24.3. The van der Waals surface area contributed by atoms with Gasteiger partial charge in [-0.15, -0.1) is 0 Å². The molecule has 1 amide bonds. The van der Waals surface area contributed by atoms with Crippen molar-refractivity contribution in [3.63, 3.8) is 0 Å². The van der Waals surface area contributed by atoms with Crippen molar-refractivity contribution in [2.75, 3.05) is 12.0 Å². The van der Waals surface area contributed by atoms with E-state index in [9.17, 15) is 19.8 Å². The predicted octanol–water partition coefficient (Wildman–Crippen LogP) is 4.83. The van der Waals surface area contributed by atoms with Crippen molar-refractivity contribution in [3.8, 4) is 0 Å². The molecule has 36 heavy (non-hydrogen) atoms. The van der Waals surface area contributed by atoms with E-state index in [2.05, 4.69) is 4.57 Å². The largest absolute Gasteiger partial charge is 0.481 e. The van der Waals surface area contributed by atoms with Crippen LogP contribution >= 0.6 is 0 Å². The third-order valence-electron chi connectivity index (χ3n) is 7.77. The molecule has 5 rings (SSSR count). The summed E-state index contributed by atoms with van der Waals surface area (Å²) in [6, 6.07) is 13.2. The van der Waals surface area contributed by atoms with Gasteiger partial charge in [0.05, 0.1) is 35.9 Å². The molecule has 3 aromatic rings. The van der Waals surface area contributed by atoms with Gasteiger partial charge in [0.25, 0.3) is 0 Å². The topological polar surface area (TPSA) is 105 Å². The van der Waals surface area contributed by atoms with E-state index in [1.807, 2.05) is 49.4 Å². The highest BCUT2D eigenvalue weighted by molar-refractivity contribution is 5.95. The standard InChI is InChI=1S/C28H33N3O5/c1-17-11-12-21-23(30(17)28(35)36-2)13-14-24-26(21)29-25(31(24)19-9-6-10-20(32)15-19)16-22(27(33)34)18-7-4-3-5-8-18/h3-5,7-8,13-14,17,19-20,22,32H,6,9-12,15-16H2,1-2H3,(H,33,34)/t17-,19+,20+,22?/m0/s1. The number of carbonyl (C=O) groups is 2. The molecule has 0 bridgehead atoms. The maximum absolute atomic E-state index is 12.6. The van der Waals surface area contributed by atoms with E-state index in [-0.39, 0.29) is 24.6 Å². The molecule has 1 aliphatic carbocycles. The number of aromatic nitrogens is 2. The van der Waals surface area contributed by atoms with Gasteiger partial charge in [0.2, 0.25) is 0 Å². The number of hydrogen-bond donors (Lipinski definition) is 2. The highest BCUT2D eigenvalue weighted by Crippen LogP contribution is 2.40. The molecular weight excluding hydrogens is 458 g/mol. The number of fused-ring (bicyclic) bond motifs is 3. The summed E-state index contributed by atoms with van der Waals surface area (Å²) in [5.74, 6) is -0.925. The summed E-state index contributed by atoms with van der Waals surface area (Å²) in [6.07, 6.45) is 4.22. The van der Waals surface area contributed by atoms with Gasteiger partial charge < -0.3 is 19.5 Å². The number of nitrogens with zero attached hydrogens (tertiary/aromatic N) is 3. The number of aliphatic hydroxyl groups excluding tert-OH is 1. The number of benzene rings is 2. The Morgan fingerprint density at radius 2 is 1.92 bits per heavy atom. The van der Waals surface area contributed by atoms with Crippen molar-refractivity contribution in [2.45, 2.75) is 76.0 Å².